The normalized spacial score (nSPS) is 11.7. The van der Waals surface area contributed by atoms with Gasteiger partial charge >= 0.3 is 6.09 Å². The Kier molecular flexibility index (Phi) is 8.58. The maximum Gasteiger partial charge on any atom is 0.425 e. The molecule has 0 aliphatic carbocycles. The van der Waals surface area contributed by atoms with Gasteiger partial charge in [-0.05, 0) is 29.8 Å². The first-order chi connectivity index (χ1) is 20.0. The molecule has 5 rings (SSSR count). The van der Waals surface area contributed by atoms with Crippen molar-refractivity contribution < 1.29 is 24.2 Å². The molecule has 3 aromatic carbocycles. The number of aromatic nitrogens is 4. The van der Waals surface area contributed by atoms with E-state index >= 15 is 0 Å². The van der Waals surface area contributed by atoms with Crippen molar-refractivity contribution >= 4 is 40.5 Å². The third-order valence-electron chi connectivity index (χ3n) is 6.05. The highest BCUT2D eigenvalue weighted by molar-refractivity contribution is 5.98. The molecule has 208 valence electrons. The number of nitrogens with one attached hydrogen (secondary N) is 1. The van der Waals surface area contributed by atoms with E-state index in [0.717, 1.165) is 5.56 Å². The van der Waals surface area contributed by atoms with Crippen molar-refractivity contribution in [1.82, 2.24) is 19.5 Å². The van der Waals surface area contributed by atoms with Gasteiger partial charge < -0.3 is 19.1 Å². The molecule has 41 heavy (non-hydrogen) atoms. The number of benzene rings is 3. The van der Waals surface area contributed by atoms with Gasteiger partial charge in [-0.2, -0.15) is 9.97 Å². The molecule has 2 aromatic heterocycles. The number of aliphatic hydroxyl groups is 1. The fourth-order valence-corrected chi connectivity index (χ4v) is 4.15. The molecule has 0 saturated heterocycles. The number of nitrogens with zero attached hydrogens (tertiary/aromatic N) is 5. The van der Waals surface area contributed by atoms with Crippen molar-refractivity contribution in [3.05, 3.63) is 103 Å². The monoisotopic (exact) mass is 552 g/mol. The summed E-state index contributed by atoms with van der Waals surface area (Å²) in [6, 6.07) is 27.7. The van der Waals surface area contributed by atoms with Gasteiger partial charge in [-0.3, -0.25) is 10.1 Å². The fraction of sp³-hybridized carbons (Fsp3) is 0.167. The lowest BCUT2D eigenvalue weighted by Crippen LogP contribution is -2.29. The summed E-state index contributed by atoms with van der Waals surface area (Å²) in [5.41, 5.74) is 2.63. The van der Waals surface area contributed by atoms with E-state index in [-0.39, 0.29) is 30.5 Å². The number of hydrogen-bond donors (Lipinski definition) is 2. The summed E-state index contributed by atoms with van der Waals surface area (Å²) < 4.78 is 13.4. The Hall–Kier alpha value is -5.13. The molecule has 2 heterocycles. The molecule has 11 heteroatoms. The summed E-state index contributed by atoms with van der Waals surface area (Å²) >= 11 is 0. The summed E-state index contributed by atoms with van der Waals surface area (Å²) in [6.45, 7) is 1.58. The van der Waals surface area contributed by atoms with Crippen LogP contribution in [-0.4, -0.2) is 49.3 Å². The van der Waals surface area contributed by atoms with Gasteiger partial charge in [0.1, 0.15) is 0 Å². The number of imidazole rings is 1. The molecule has 2 amide bonds. The number of anilines is 3. The van der Waals surface area contributed by atoms with Gasteiger partial charge in [0.25, 0.3) is 5.88 Å². The van der Waals surface area contributed by atoms with Crippen LogP contribution in [0.5, 0.6) is 5.88 Å². The lowest BCUT2D eigenvalue weighted by atomic mass is 10.2. The second-order valence-corrected chi connectivity index (χ2v) is 9.08. The van der Waals surface area contributed by atoms with Gasteiger partial charge in [0, 0.05) is 6.92 Å². The van der Waals surface area contributed by atoms with Gasteiger partial charge in [0.15, 0.2) is 11.2 Å². The summed E-state index contributed by atoms with van der Waals surface area (Å²) in [5.74, 6) is -0.598. The van der Waals surface area contributed by atoms with E-state index in [9.17, 15) is 14.7 Å². The van der Waals surface area contributed by atoms with Gasteiger partial charge in [0.2, 0.25) is 11.9 Å². The van der Waals surface area contributed by atoms with Crippen LogP contribution in [0.15, 0.2) is 97.3 Å². The van der Waals surface area contributed by atoms with E-state index in [1.54, 1.807) is 28.8 Å². The van der Waals surface area contributed by atoms with E-state index in [1.165, 1.54) is 18.2 Å². The zero-order valence-corrected chi connectivity index (χ0v) is 22.3. The van der Waals surface area contributed by atoms with Crippen LogP contribution in [0.25, 0.3) is 11.2 Å². The maximum atomic E-state index is 13.6. The Morgan fingerprint density at radius 1 is 0.927 bits per heavy atom. The maximum absolute atomic E-state index is 13.6. The highest BCUT2D eigenvalue weighted by Crippen LogP contribution is 2.29. The first kappa shape index (κ1) is 27.4. The summed E-state index contributed by atoms with van der Waals surface area (Å²) in [6.07, 6.45) is 0.184. The number of hydrogen-bond acceptors (Lipinski definition) is 8. The number of amides is 2. The summed E-state index contributed by atoms with van der Waals surface area (Å²) in [7, 11) is 0. The molecular formula is C30H28N6O5. The number of fused-ring (bicyclic) bond motifs is 1. The van der Waals surface area contributed by atoms with E-state index in [1.807, 2.05) is 66.7 Å². The van der Waals surface area contributed by atoms with Crippen LogP contribution in [0.3, 0.4) is 0 Å². The van der Waals surface area contributed by atoms with Crippen LogP contribution >= 0.6 is 0 Å². The molecule has 0 bridgehead atoms. The number of carbonyl (C=O) groups excluding carboxylic acids is 2. The van der Waals surface area contributed by atoms with Crippen molar-refractivity contribution in [3.63, 3.8) is 0 Å². The molecule has 0 aliphatic rings. The molecule has 5 aromatic rings. The third-order valence-corrected chi connectivity index (χ3v) is 6.05. The van der Waals surface area contributed by atoms with Crippen LogP contribution in [0, 0.1) is 0 Å². The lowest BCUT2D eigenvalue weighted by Gasteiger charge is -2.22. The van der Waals surface area contributed by atoms with Crippen molar-refractivity contribution in [3.8, 4) is 5.88 Å². The summed E-state index contributed by atoms with van der Waals surface area (Å²) in [4.78, 5) is 40.0. The number of aliphatic hydroxyl groups excluding tert-OH is 1. The average molecular weight is 553 g/mol. The SMILES string of the molecule is CC(=O)Nc1nc(OC(=O)N(c2ccccc2)c2ccccc2)c2ncn(CC(CO)OCc3ccccc3)c2n1. The number of para-hydroxylation sites is 2. The Balaban J connectivity index is 1.46. The lowest BCUT2D eigenvalue weighted by molar-refractivity contribution is -0.114. The molecule has 2 N–H and O–H groups in total. The molecule has 1 unspecified atom stereocenters. The second kappa shape index (κ2) is 12.8. The standard InChI is InChI=1S/C30H28N6O5/c1-21(38)32-29-33-27-26(31-20-35(27)17-25(18-37)40-19-22-11-5-2-6-12-22)28(34-29)41-30(39)36(23-13-7-3-8-14-23)24-15-9-4-10-16-24/h2-16,20,25,37H,17-19H2,1H3,(H,32,33,34,38). The van der Waals surface area contributed by atoms with Crippen molar-refractivity contribution in [1.29, 1.82) is 0 Å². The molecule has 11 nitrogen and oxygen atoms in total. The molecule has 0 aliphatic heterocycles. The summed E-state index contributed by atoms with van der Waals surface area (Å²) in [5, 5.41) is 12.5. The van der Waals surface area contributed by atoms with Gasteiger partial charge in [-0.25, -0.2) is 14.7 Å². The fourth-order valence-electron chi connectivity index (χ4n) is 4.15. The zero-order valence-electron chi connectivity index (χ0n) is 22.3. The van der Waals surface area contributed by atoms with Crippen LogP contribution in [0.4, 0.5) is 22.1 Å². The molecular weight excluding hydrogens is 524 g/mol. The van der Waals surface area contributed by atoms with E-state index in [0.29, 0.717) is 23.6 Å². The molecule has 0 fully saturated rings. The van der Waals surface area contributed by atoms with Crippen molar-refractivity contribution in [2.45, 2.75) is 26.2 Å². The smallest absolute Gasteiger partial charge is 0.394 e. The van der Waals surface area contributed by atoms with Crippen LogP contribution in [-0.2, 0) is 22.7 Å². The first-order valence-electron chi connectivity index (χ1n) is 12.9. The van der Waals surface area contributed by atoms with Crippen LogP contribution in [0.1, 0.15) is 12.5 Å². The van der Waals surface area contributed by atoms with Crippen molar-refractivity contribution in [2.75, 3.05) is 16.8 Å². The predicted molar refractivity (Wildman–Crippen MR) is 153 cm³/mol. The minimum Gasteiger partial charge on any atom is -0.394 e. The van der Waals surface area contributed by atoms with Crippen molar-refractivity contribution in [2.24, 2.45) is 0 Å². The van der Waals surface area contributed by atoms with Crippen LogP contribution < -0.4 is 15.0 Å². The van der Waals surface area contributed by atoms with Gasteiger partial charge in [0.05, 0.1) is 43.6 Å². The van der Waals surface area contributed by atoms with E-state index in [4.69, 9.17) is 9.47 Å². The molecule has 1 atom stereocenters. The topological polar surface area (TPSA) is 132 Å². The number of rotatable bonds is 10. The van der Waals surface area contributed by atoms with Crippen LogP contribution in [0.2, 0.25) is 0 Å². The van der Waals surface area contributed by atoms with Gasteiger partial charge in [-0.15, -0.1) is 0 Å². The Bertz CT molecular complexity index is 1570. The Morgan fingerprint density at radius 2 is 1.54 bits per heavy atom. The van der Waals surface area contributed by atoms with E-state index < -0.39 is 18.1 Å². The highest BCUT2D eigenvalue weighted by atomic mass is 16.6. The molecule has 0 spiro atoms. The second-order valence-electron chi connectivity index (χ2n) is 9.08. The Labute approximate surface area is 236 Å². The average Bonchev–Trinajstić information content (AvgIpc) is 3.39. The first-order valence-corrected chi connectivity index (χ1v) is 12.9. The quantitative estimate of drug-likeness (QED) is 0.255. The van der Waals surface area contributed by atoms with E-state index in [2.05, 4.69) is 20.3 Å². The predicted octanol–water partition coefficient (Wildman–Crippen LogP) is 4.70. The minimum absolute atomic E-state index is 0.0636. The zero-order chi connectivity index (χ0) is 28.6. The number of ether oxygens (including phenoxy) is 2. The van der Waals surface area contributed by atoms with Gasteiger partial charge in [-0.1, -0.05) is 66.7 Å². The largest absolute Gasteiger partial charge is 0.425 e. The number of carbonyl (C=O) groups is 2. The minimum atomic E-state index is -0.731. The highest BCUT2D eigenvalue weighted by Gasteiger charge is 2.25. The Morgan fingerprint density at radius 3 is 2.12 bits per heavy atom. The third kappa shape index (κ3) is 6.72. The molecule has 0 saturated carbocycles. The molecule has 0 radical (unpaired) electrons.